The fraction of sp³-hybridized carbons (Fsp3) is 0.500. The van der Waals surface area contributed by atoms with Gasteiger partial charge in [0.2, 0.25) is 0 Å². The Morgan fingerprint density at radius 3 is 2.53 bits per heavy atom. The molecule has 0 spiro atoms. The van der Waals surface area contributed by atoms with Gasteiger partial charge in [-0.1, -0.05) is 32.0 Å². The third-order valence-electron chi connectivity index (χ3n) is 3.89. The minimum atomic E-state index is -3.25. The lowest BCUT2D eigenvalue weighted by Gasteiger charge is -2.41. The summed E-state index contributed by atoms with van der Waals surface area (Å²) in [5.41, 5.74) is -0.182. The molecule has 1 aliphatic rings. The lowest BCUT2D eigenvalue weighted by Crippen LogP contribution is -2.49. The van der Waals surface area contributed by atoms with Gasteiger partial charge >= 0.3 is 0 Å². The number of benzene rings is 1. The number of sulfone groups is 1. The average molecular weight is 278 g/mol. The summed E-state index contributed by atoms with van der Waals surface area (Å²) in [5, 5.41) is 9.70. The van der Waals surface area contributed by atoms with E-state index in [0.29, 0.717) is 16.9 Å². The van der Waals surface area contributed by atoms with Crippen LogP contribution in [0.4, 0.5) is 0 Å². The van der Waals surface area contributed by atoms with E-state index in [1.165, 1.54) is 0 Å². The van der Waals surface area contributed by atoms with E-state index in [1.807, 2.05) is 18.7 Å². The zero-order valence-corrected chi connectivity index (χ0v) is 12.1. The van der Waals surface area contributed by atoms with Gasteiger partial charge in [0.15, 0.2) is 9.84 Å². The van der Waals surface area contributed by atoms with E-state index >= 15 is 0 Å². The van der Waals surface area contributed by atoms with Crippen LogP contribution in [0.5, 0.6) is 0 Å². The van der Waals surface area contributed by atoms with E-state index in [1.54, 1.807) is 24.3 Å². The molecule has 1 aromatic rings. The molecule has 1 atom stereocenters. The first-order chi connectivity index (χ1) is 9.01. The van der Waals surface area contributed by atoms with Crippen molar-refractivity contribution < 1.29 is 8.42 Å². The van der Waals surface area contributed by atoms with Gasteiger partial charge in [-0.25, -0.2) is 8.42 Å². The third-order valence-corrected chi connectivity index (χ3v) is 5.66. The molecule has 2 rings (SSSR count). The van der Waals surface area contributed by atoms with Crippen molar-refractivity contribution in [1.29, 1.82) is 5.26 Å². The van der Waals surface area contributed by atoms with E-state index in [9.17, 15) is 13.7 Å². The Bertz CT molecular complexity index is 615. The molecular formula is C14H18N2O2S. The number of hydrogen-bond acceptors (Lipinski definition) is 4. The highest BCUT2D eigenvalue weighted by Gasteiger charge is 2.45. The third kappa shape index (κ3) is 2.05. The van der Waals surface area contributed by atoms with Crippen LogP contribution in [0.25, 0.3) is 0 Å². The quantitative estimate of drug-likeness (QED) is 0.847. The monoisotopic (exact) mass is 278 g/mol. The molecule has 0 N–H and O–H groups in total. The molecule has 0 aliphatic carbocycles. The first-order valence-corrected chi connectivity index (χ1v) is 8.15. The van der Waals surface area contributed by atoms with Crippen LogP contribution in [0.1, 0.15) is 25.8 Å². The molecule has 19 heavy (non-hydrogen) atoms. The van der Waals surface area contributed by atoms with Crippen molar-refractivity contribution in [3.63, 3.8) is 0 Å². The van der Waals surface area contributed by atoms with Gasteiger partial charge in [-0.15, -0.1) is 0 Å². The minimum absolute atomic E-state index is 0.0358. The van der Waals surface area contributed by atoms with E-state index in [4.69, 9.17) is 0 Å². The Morgan fingerprint density at radius 2 is 1.95 bits per heavy atom. The number of hydrogen-bond donors (Lipinski definition) is 0. The second-order valence-corrected chi connectivity index (χ2v) is 6.79. The van der Waals surface area contributed by atoms with Crippen LogP contribution in [0, 0.1) is 11.3 Å². The van der Waals surface area contributed by atoms with Gasteiger partial charge in [-0.2, -0.15) is 5.26 Å². The molecule has 0 aromatic heterocycles. The summed E-state index contributed by atoms with van der Waals surface area (Å²) in [6.45, 7) is 5.43. The van der Waals surface area contributed by atoms with Gasteiger partial charge in [0.25, 0.3) is 0 Å². The van der Waals surface area contributed by atoms with Gasteiger partial charge in [-0.05, 0) is 25.6 Å². The van der Waals surface area contributed by atoms with Crippen LogP contribution >= 0.6 is 0 Å². The Balaban J connectivity index is 2.71. The smallest absolute Gasteiger partial charge is 0.178 e. The highest BCUT2D eigenvalue weighted by Crippen LogP contribution is 2.40. The van der Waals surface area contributed by atoms with Crippen molar-refractivity contribution >= 4 is 9.84 Å². The zero-order chi connectivity index (χ0) is 14.1. The molecular weight excluding hydrogens is 260 g/mol. The number of fused-ring (bicyclic) bond motifs is 1. The standard InChI is InChI=1S/C14H18N2O2S/c1-3-16(4-2)14(11-15)9-10-19(17,18)13-8-6-5-7-12(13)14/h5-8H,3-4,9-10H2,1-2H3. The summed E-state index contributed by atoms with van der Waals surface area (Å²) in [5.74, 6) is 0.0358. The van der Waals surface area contributed by atoms with Gasteiger partial charge in [0.05, 0.1) is 16.7 Å². The van der Waals surface area contributed by atoms with E-state index in [0.717, 1.165) is 13.1 Å². The molecule has 0 saturated heterocycles. The van der Waals surface area contributed by atoms with Crippen LogP contribution < -0.4 is 0 Å². The predicted octanol–water partition coefficient (Wildman–Crippen LogP) is 1.92. The highest BCUT2D eigenvalue weighted by atomic mass is 32.2. The molecule has 4 nitrogen and oxygen atoms in total. The van der Waals surface area contributed by atoms with Gasteiger partial charge in [0, 0.05) is 5.56 Å². The summed E-state index contributed by atoms with van der Waals surface area (Å²) in [7, 11) is -3.25. The second-order valence-electron chi connectivity index (χ2n) is 4.71. The maximum absolute atomic E-state index is 12.1. The summed E-state index contributed by atoms with van der Waals surface area (Å²) in [6, 6.07) is 9.27. The van der Waals surface area contributed by atoms with Gasteiger partial charge in [0.1, 0.15) is 5.54 Å². The van der Waals surface area contributed by atoms with E-state index in [2.05, 4.69) is 6.07 Å². The molecule has 1 aliphatic heterocycles. The van der Waals surface area contributed by atoms with Gasteiger partial charge < -0.3 is 0 Å². The van der Waals surface area contributed by atoms with Crippen LogP contribution in [0.3, 0.4) is 0 Å². The topological polar surface area (TPSA) is 61.2 Å². The second kappa shape index (κ2) is 4.95. The van der Waals surface area contributed by atoms with E-state index < -0.39 is 15.4 Å². The van der Waals surface area contributed by atoms with Crippen molar-refractivity contribution in [1.82, 2.24) is 4.90 Å². The Kier molecular flexibility index (Phi) is 3.66. The molecule has 0 radical (unpaired) electrons. The van der Waals surface area contributed by atoms with E-state index in [-0.39, 0.29) is 5.75 Å². The molecule has 0 bridgehead atoms. The zero-order valence-electron chi connectivity index (χ0n) is 11.3. The molecule has 1 heterocycles. The molecule has 1 aromatic carbocycles. The van der Waals surface area contributed by atoms with Crippen LogP contribution in [0.2, 0.25) is 0 Å². The fourth-order valence-electron chi connectivity index (χ4n) is 2.88. The predicted molar refractivity (Wildman–Crippen MR) is 73.3 cm³/mol. The molecule has 102 valence electrons. The number of nitrogens with zero attached hydrogens (tertiary/aromatic N) is 2. The first-order valence-electron chi connectivity index (χ1n) is 6.50. The van der Waals surface area contributed by atoms with Crippen molar-refractivity contribution in [2.45, 2.75) is 30.7 Å². The Labute approximate surface area is 114 Å². The summed E-state index contributed by atoms with van der Waals surface area (Å²) in [4.78, 5) is 2.36. The van der Waals surface area contributed by atoms with Crippen molar-refractivity contribution in [3.05, 3.63) is 29.8 Å². The Hall–Kier alpha value is -1.38. The van der Waals surface area contributed by atoms with Crippen molar-refractivity contribution in [2.75, 3.05) is 18.8 Å². The first kappa shape index (κ1) is 14.0. The SMILES string of the molecule is CCN(CC)C1(C#N)CCS(=O)(=O)c2ccccc21. The molecule has 0 fully saturated rings. The van der Waals surface area contributed by atoms with Crippen LogP contribution in [0.15, 0.2) is 29.2 Å². The normalized spacial score (nSPS) is 24.7. The van der Waals surface area contributed by atoms with Crippen LogP contribution in [-0.2, 0) is 15.4 Å². The fourth-order valence-corrected chi connectivity index (χ4v) is 4.53. The summed E-state index contributed by atoms with van der Waals surface area (Å²) < 4.78 is 24.3. The summed E-state index contributed by atoms with van der Waals surface area (Å²) in [6.07, 6.45) is 0.338. The Morgan fingerprint density at radius 1 is 1.32 bits per heavy atom. The number of rotatable bonds is 3. The lowest BCUT2D eigenvalue weighted by molar-refractivity contribution is 0.142. The molecule has 0 amide bonds. The van der Waals surface area contributed by atoms with Crippen molar-refractivity contribution in [2.24, 2.45) is 0 Å². The van der Waals surface area contributed by atoms with Gasteiger partial charge in [-0.3, -0.25) is 4.90 Å². The summed E-state index contributed by atoms with van der Waals surface area (Å²) >= 11 is 0. The number of nitriles is 1. The maximum Gasteiger partial charge on any atom is 0.178 e. The molecule has 5 heteroatoms. The molecule has 1 unspecified atom stereocenters. The largest absolute Gasteiger partial charge is 0.282 e. The lowest BCUT2D eigenvalue weighted by atomic mass is 9.86. The van der Waals surface area contributed by atoms with Crippen LogP contribution in [-0.4, -0.2) is 32.2 Å². The average Bonchev–Trinajstić information content (AvgIpc) is 2.43. The van der Waals surface area contributed by atoms with Crippen molar-refractivity contribution in [3.8, 4) is 6.07 Å². The minimum Gasteiger partial charge on any atom is -0.282 e. The highest BCUT2D eigenvalue weighted by molar-refractivity contribution is 7.91. The molecule has 0 saturated carbocycles. The maximum atomic E-state index is 12.1.